The fourth-order valence-corrected chi connectivity index (χ4v) is 1.42. The lowest BCUT2D eigenvalue weighted by atomic mass is 10.2. The highest BCUT2D eigenvalue weighted by Crippen LogP contribution is 2.24. The summed E-state index contributed by atoms with van der Waals surface area (Å²) in [4.78, 5) is 3.44. The lowest BCUT2D eigenvalue weighted by Crippen LogP contribution is -1.84. The fourth-order valence-electron chi connectivity index (χ4n) is 1.10. The summed E-state index contributed by atoms with van der Waals surface area (Å²) < 4.78 is 0. The Morgan fingerprint density at radius 2 is 1.80 bits per heavy atom. The molecule has 0 bridgehead atoms. The van der Waals surface area contributed by atoms with Gasteiger partial charge >= 0.3 is 0 Å². The van der Waals surface area contributed by atoms with Crippen LogP contribution >= 0.6 is 34.8 Å². The Bertz CT molecular complexity index is 450. The molecule has 0 saturated carbocycles. The van der Waals surface area contributed by atoms with E-state index in [1.54, 1.807) is 12.1 Å². The third-order valence-electron chi connectivity index (χ3n) is 1.81. The van der Waals surface area contributed by atoms with E-state index in [-0.39, 0.29) is 0 Å². The Morgan fingerprint density at radius 1 is 1.13 bits per heavy atom. The largest absolute Gasteiger partial charge is 0.260 e. The van der Waals surface area contributed by atoms with Gasteiger partial charge in [-0.25, -0.2) is 4.98 Å². The average molecular weight is 263 g/mol. The Labute approximate surface area is 101 Å². The SMILES string of the molecule is Clc1ccc(-c2n[nH]c(C(Cl)Cl)n2)cc1. The minimum absolute atomic E-state index is 0.434. The maximum absolute atomic E-state index is 5.76. The number of nitrogens with one attached hydrogen (secondary N) is 1. The van der Waals surface area contributed by atoms with E-state index in [1.807, 2.05) is 12.1 Å². The summed E-state index contributed by atoms with van der Waals surface area (Å²) in [6.45, 7) is 0. The van der Waals surface area contributed by atoms with Gasteiger partial charge < -0.3 is 0 Å². The van der Waals surface area contributed by atoms with E-state index in [1.165, 1.54) is 0 Å². The zero-order valence-corrected chi connectivity index (χ0v) is 9.68. The number of hydrogen-bond acceptors (Lipinski definition) is 2. The number of halogens is 3. The van der Waals surface area contributed by atoms with E-state index >= 15 is 0 Å². The maximum atomic E-state index is 5.76. The highest BCUT2D eigenvalue weighted by molar-refractivity contribution is 6.43. The van der Waals surface area contributed by atoms with Crippen LogP contribution in [0.5, 0.6) is 0 Å². The topological polar surface area (TPSA) is 41.6 Å². The molecule has 0 amide bonds. The predicted octanol–water partition coefficient (Wildman–Crippen LogP) is 3.60. The molecule has 15 heavy (non-hydrogen) atoms. The average Bonchev–Trinajstić information content (AvgIpc) is 2.68. The van der Waals surface area contributed by atoms with Crippen LogP contribution in [0.4, 0.5) is 0 Å². The van der Waals surface area contributed by atoms with E-state index in [2.05, 4.69) is 15.2 Å². The van der Waals surface area contributed by atoms with Crippen molar-refractivity contribution in [2.24, 2.45) is 0 Å². The first-order chi connectivity index (χ1) is 7.16. The molecule has 3 nitrogen and oxygen atoms in total. The van der Waals surface area contributed by atoms with Crippen molar-refractivity contribution in [3.05, 3.63) is 35.1 Å². The van der Waals surface area contributed by atoms with Crippen molar-refractivity contribution in [3.8, 4) is 11.4 Å². The summed E-state index contributed by atoms with van der Waals surface area (Å²) >= 11 is 17.0. The Hall–Kier alpha value is -0.770. The molecule has 0 saturated heterocycles. The molecule has 0 atom stereocenters. The third kappa shape index (κ3) is 2.43. The van der Waals surface area contributed by atoms with Gasteiger partial charge in [-0.1, -0.05) is 34.8 Å². The number of aromatic nitrogens is 3. The second kappa shape index (κ2) is 4.39. The van der Waals surface area contributed by atoms with Gasteiger partial charge in [-0.05, 0) is 24.3 Å². The Balaban J connectivity index is 2.33. The molecule has 78 valence electrons. The van der Waals surface area contributed by atoms with Crippen molar-refractivity contribution in [1.82, 2.24) is 15.2 Å². The van der Waals surface area contributed by atoms with Crippen LogP contribution in [-0.4, -0.2) is 15.2 Å². The molecule has 0 aliphatic carbocycles. The van der Waals surface area contributed by atoms with Gasteiger partial charge in [0.2, 0.25) is 0 Å². The van der Waals surface area contributed by atoms with Crippen LogP contribution in [-0.2, 0) is 0 Å². The first kappa shape index (κ1) is 10.7. The molecular weight excluding hydrogens is 256 g/mol. The standard InChI is InChI=1S/C9H6Cl3N3/c10-6-3-1-5(2-4-6)8-13-9(7(11)12)15-14-8/h1-4,7H,(H,13,14,15). The summed E-state index contributed by atoms with van der Waals surface area (Å²) in [6.07, 6.45) is 0. The molecule has 6 heteroatoms. The zero-order chi connectivity index (χ0) is 10.8. The first-order valence-corrected chi connectivity index (χ1v) is 5.38. The van der Waals surface area contributed by atoms with Crippen LogP contribution < -0.4 is 0 Å². The second-order valence-corrected chi connectivity index (χ2v) is 4.38. The summed E-state index contributed by atoms with van der Waals surface area (Å²) in [7, 11) is 0. The van der Waals surface area contributed by atoms with Crippen molar-refractivity contribution in [1.29, 1.82) is 0 Å². The number of nitrogens with zero attached hydrogens (tertiary/aromatic N) is 2. The van der Waals surface area contributed by atoms with Crippen LogP contribution in [0.25, 0.3) is 11.4 Å². The van der Waals surface area contributed by atoms with E-state index in [9.17, 15) is 0 Å². The van der Waals surface area contributed by atoms with Crippen molar-refractivity contribution in [2.45, 2.75) is 4.84 Å². The van der Waals surface area contributed by atoms with E-state index in [4.69, 9.17) is 34.8 Å². The normalized spacial score (nSPS) is 10.9. The monoisotopic (exact) mass is 261 g/mol. The summed E-state index contributed by atoms with van der Waals surface area (Å²) in [5.41, 5.74) is 0.857. The summed E-state index contributed by atoms with van der Waals surface area (Å²) in [5.74, 6) is 0.983. The van der Waals surface area contributed by atoms with E-state index in [0.717, 1.165) is 5.56 Å². The molecule has 2 rings (SSSR count). The van der Waals surface area contributed by atoms with Crippen LogP contribution in [0.1, 0.15) is 10.7 Å². The summed E-state index contributed by atoms with van der Waals surface area (Å²) in [6, 6.07) is 7.19. The quantitative estimate of drug-likeness (QED) is 0.840. The molecule has 2 aromatic rings. The molecule has 1 heterocycles. The fraction of sp³-hybridized carbons (Fsp3) is 0.111. The van der Waals surface area contributed by atoms with Gasteiger partial charge in [0.25, 0.3) is 0 Å². The molecule has 0 radical (unpaired) electrons. The lowest BCUT2D eigenvalue weighted by Gasteiger charge is -1.94. The zero-order valence-electron chi connectivity index (χ0n) is 7.42. The molecule has 1 aromatic heterocycles. The molecule has 1 aromatic carbocycles. The van der Waals surface area contributed by atoms with Crippen LogP contribution in [0.15, 0.2) is 24.3 Å². The second-order valence-electron chi connectivity index (χ2n) is 2.85. The van der Waals surface area contributed by atoms with Gasteiger partial charge in [-0.15, -0.1) is 0 Å². The molecule has 0 aliphatic rings. The maximum Gasteiger partial charge on any atom is 0.181 e. The molecular formula is C9H6Cl3N3. The number of alkyl halides is 2. The van der Waals surface area contributed by atoms with Crippen molar-refractivity contribution < 1.29 is 0 Å². The van der Waals surface area contributed by atoms with Gasteiger partial charge in [0, 0.05) is 10.6 Å². The number of rotatable bonds is 2. The number of H-pyrrole nitrogens is 1. The van der Waals surface area contributed by atoms with E-state index < -0.39 is 4.84 Å². The minimum Gasteiger partial charge on any atom is -0.260 e. The number of aromatic amines is 1. The van der Waals surface area contributed by atoms with E-state index in [0.29, 0.717) is 16.7 Å². The van der Waals surface area contributed by atoms with Crippen LogP contribution in [0.2, 0.25) is 5.02 Å². The van der Waals surface area contributed by atoms with Gasteiger partial charge in [0.15, 0.2) is 16.5 Å². The van der Waals surface area contributed by atoms with Crippen molar-refractivity contribution in [2.75, 3.05) is 0 Å². The molecule has 0 unspecified atom stereocenters. The Morgan fingerprint density at radius 3 is 2.33 bits per heavy atom. The highest BCUT2D eigenvalue weighted by Gasteiger charge is 2.10. The smallest absolute Gasteiger partial charge is 0.181 e. The third-order valence-corrected chi connectivity index (χ3v) is 2.48. The summed E-state index contributed by atoms with van der Waals surface area (Å²) in [5, 5.41) is 7.32. The van der Waals surface area contributed by atoms with Gasteiger partial charge in [0.05, 0.1) is 0 Å². The highest BCUT2D eigenvalue weighted by atomic mass is 35.5. The number of benzene rings is 1. The molecule has 0 fully saturated rings. The molecule has 0 spiro atoms. The van der Waals surface area contributed by atoms with Crippen molar-refractivity contribution in [3.63, 3.8) is 0 Å². The van der Waals surface area contributed by atoms with Gasteiger partial charge in [-0.3, -0.25) is 5.10 Å². The van der Waals surface area contributed by atoms with Crippen molar-refractivity contribution >= 4 is 34.8 Å². The van der Waals surface area contributed by atoms with Gasteiger partial charge in [0.1, 0.15) is 0 Å². The first-order valence-electron chi connectivity index (χ1n) is 4.13. The van der Waals surface area contributed by atoms with Gasteiger partial charge in [-0.2, -0.15) is 5.10 Å². The Kier molecular flexibility index (Phi) is 3.14. The molecule has 1 N–H and O–H groups in total. The molecule has 0 aliphatic heterocycles. The van der Waals surface area contributed by atoms with Crippen LogP contribution in [0.3, 0.4) is 0 Å². The minimum atomic E-state index is -0.696. The lowest BCUT2D eigenvalue weighted by molar-refractivity contribution is 1.01. The predicted molar refractivity (Wildman–Crippen MR) is 61.3 cm³/mol. The van der Waals surface area contributed by atoms with Crippen LogP contribution in [0, 0.1) is 0 Å². The number of hydrogen-bond donors (Lipinski definition) is 1.